The minimum atomic E-state index is -0.0650. The number of fused-ring (bicyclic) bond motifs is 3. The van der Waals surface area contributed by atoms with Gasteiger partial charge in [-0.15, -0.1) is 11.3 Å². The van der Waals surface area contributed by atoms with Gasteiger partial charge in [0.15, 0.2) is 5.65 Å². The van der Waals surface area contributed by atoms with Crippen LogP contribution < -0.4 is 16.2 Å². The predicted octanol–water partition coefficient (Wildman–Crippen LogP) is 4.55. The predicted molar refractivity (Wildman–Crippen MR) is 138 cm³/mol. The van der Waals surface area contributed by atoms with Gasteiger partial charge in [0.2, 0.25) is 11.1 Å². The zero-order chi connectivity index (χ0) is 23.9. The van der Waals surface area contributed by atoms with Crippen LogP contribution in [0.2, 0.25) is 0 Å². The van der Waals surface area contributed by atoms with Gasteiger partial charge in [0.1, 0.15) is 5.39 Å². The molecule has 4 aromatic rings. The summed E-state index contributed by atoms with van der Waals surface area (Å²) in [4.78, 5) is 27.6. The summed E-state index contributed by atoms with van der Waals surface area (Å²) in [6.45, 7) is 8.41. The lowest BCUT2D eigenvalue weighted by Gasteiger charge is -2.26. The molecular weight excluding hydrogens is 458 g/mol. The van der Waals surface area contributed by atoms with Crippen molar-refractivity contribution >= 4 is 34.0 Å². The standard InChI is InChI=1S/C26H29N7OS/c1-25(2,3)20-13-35-24(30-20)33-21-18(22(34)32(33)17-5-6-17)12-28-23(31-21)29-16-4-7-19-15(10-16)11-27-14-26(19)8-9-26/h4,7,10,12-13,17,27H,5-6,8-9,11,14H2,1-3H3,(H,28,29,31). The molecule has 1 aliphatic heterocycles. The molecule has 0 radical (unpaired) electrons. The van der Waals surface area contributed by atoms with Gasteiger partial charge < -0.3 is 10.6 Å². The summed E-state index contributed by atoms with van der Waals surface area (Å²) in [6, 6.07) is 6.77. The summed E-state index contributed by atoms with van der Waals surface area (Å²) in [5.41, 5.74) is 5.64. The van der Waals surface area contributed by atoms with Crippen molar-refractivity contribution in [3.05, 3.63) is 57.0 Å². The van der Waals surface area contributed by atoms with Crippen LogP contribution in [-0.2, 0) is 17.4 Å². The molecule has 1 aromatic carbocycles. The number of benzene rings is 1. The Morgan fingerprint density at radius 2 is 2.03 bits per heavy atom. The molecule has 0 unspecified atom stereocenters. The maximum Gasteiger partial charge on any atom is 0.278 e. The summed E-state index contributed by atoms with van der Waals surface area (Å²) in [5, 5.41) is 10.3. The maximum absolute atomic E-state index is 13.3. The van der Waals surface area contributed by atoms with E-state index in [-0.39, 0.29) is 17.0 Å². The highest BCUT2D eigenvalue weighted by Gasteiger charge is 2.46. The number of rotatable bonds is 4. The summed E-state index contributed by atoms with van der Waals surface area (Å²) in [5.74, 6) is 0.483. The number of hydrogen-bond donors (Lipinski definition) is 2. The maximum atomic E-state index is 13.3. The zero-order valence-electron chi connectivity index (χ0n) is 20.3. The number of thiazole rings is 1. The van der Waals surface area contributed by atoms with Crippen LogP contribution in [0.25, 0.3) is 16.2 Å². The van der Waals surface area contributed by atoms with Crippen LogP contribution in [0.4, 0.5) is 11.6 Å². The quantitative estimate of drug-likeness (QED) is 0.439. The van der Waals surface area contributed by atoms with Crippen LogP contribution in [0.1, 0.15) is 69.3 Å². The van der Waals surface area contributed by atoms with Gasteiger partial charge in [-0.2, -0.15) is 4.98 Å². The Bertz CT molecular complexity index is 1530. The monoisotopic (exact) mass is 487 g/mol. The van der Waals surface area contributed by atoms with Crippen molar-refractivity contribution in [2.24, 2.45) is 0 Å². The molecule has 9 heteroatoms. The van der Waals surface area contributed by atoms with Crippen molar-refractivity contribution in [3.8, 4) is 5.13 Å². The summed E-state index contributed by atoms with van der Waals surface area (Å²) >= 11 is 1.55. The van der Waals surface area contributed by atoms with Crippen LogP contribution in [0.5, 0.6) is 0 Å². The second kappa shape index (κ2) is 7.24. The van der Waals surface area contributed by atoms with Crippen molar-refractivity contribution in [2.45, 2.75) is 69.9 Å². The Balaban J connectivity index is 1.30. The summed E-state index contributed by atoms with van der Waals surface area (Å²) in [7, 11) is 0. The largest absolute Gasteiger partial charge is 0.324 e. The van der Waals surface area contributed by atoms with Crippen LogP contribution in [0, 0.1) is 0 Å². The van der Waals surface area contributed by atoms with Crippen molar-refractivity contribution in [2.75, 3.05) is 11.9 Å². The highest BCUT2D eigenvalue weighted by Crippen LogP contribution is 2.50. The third-order valence-electron chi connectivity index (χ3n) is 7.52. The van der Waals surface area contributed by atoms with Crippen molar-refractivity contribution in [1.29, 1.82) is 0 Å². The molecule has 3 aliphatic rings. The first-order valence-corrected chi connectivity index (χ1v) is 13.3. The van der Waals surface area contributed by atoms with Gasteiger partial charge in [0.25, 0.3) is 5.56 Å². The zero-order valence-corrected chi connectivity index (χ0v) is 21.1. The van der Waals surface area contributed by atoms with Gasteiger partial charge in [0.05, 0.1) is 11.7 Å². The third-order valence-corrected chi connectivity index (χ3v) is 8.34. The molecule has 0 amide bonds. The molecule has 0 bridgehead atoms. The number of aromatic nitrogens is 5. The van der Waals surface area contributed by atoms with E-state index < -0.39 is 0 Å². The fraction of sp³-hybridized carbons (Fsp3) is 0.462. The molecule has 180 valence electrons. The molecule has 4 heterocycles. The van der Waals surface area contributed by atoms with Crippen molar-refractivity contribution < 1.29 is 0 Å². The highest BCUT2D eigenvalue weighted by atomic mass is 32.1. The van der Waals surface area contributed by atoms with Gasteiger partial charge in [-0.1, -0.05) is 26.8 Å². The fourth-order valence-corrected chi connectivity index (χ4v) is 6.24. The topological polar surface area (TPSA) is 89.7 Å². The van der Waals surface area contributed by atoms with Gasteiger partial charge in [0, 0.05) is 41.2 Å². The smallest absolute Gasteiger partial charge is 0.278 e. The third kappa shape index (κ3) is 3.43. The highest BCUT2D eigenvalue weighted by molar-refractivity contribution is 7.12. The van der Waals surface area contributed by atoms with Crippen LogP contribution in [0.3, 0.4) is 0 Å². The van der Waals surface area contributed by atoms with E-state index in [0.717, 1.165) is 42.4 Å². The molecule has 2 N–H and O–H groups in total. The Labute approximate surface area is 207 Å². The first-order chi connectivity index (χ1) is 16.8. The van der Waals surface area contributed by atoms with E-state index in [2.05, 4.69) is 60.0 Å². The van der Waals surface area contributed by atoms with Gasteiger partial charge in [-0.25, -0.2) is 19.3 Å². The number of anilines is 2. The van der Waals surface area contributed by atoms with Crippen LogP contribution in [0.15, 0.2) is 34.6 Å². The lowest BCUT2D eigenvalue weighted by atomic mass is 9.88. The molecule has 2 fully saturated rings. The lowest BCUT2D eigenvalue weighted by Crippen LogP contribution is -2.33. The summed E-state index contributed by atoms with van der Waals surface area (Å²) < 4.78 is 3.74. The molecule has 2 saturated carbocycles. The first-order valence-electron chi connectivity index (χ1n) is 12.4. The average molecular weight is 488 g/mol. The van der Waals surface area contributed by atoms with Crippen LogP contribution >= 0.6 is 11.3 Å². The van der Waals surface area contributed by atoms with E-state index in [9.17, 15) is 4.79 Å². The molecule has 35 heavy (non-hydrogen) atoms. The Kier molecular flexibility index (Phi) is 4.40. The average Bonchev–Trinajstić information content (AvgIpc) is 3.73. The SMILES string of the molecule is CC(C)(C)c1csc(-n2c3nc(Nc4ccc5c(c4)CNCC54CC4)ncc3c(=O)n2C2CC2)n1. The first kappa shape index (κ1) is 21.3. The summed E-state index contributed by atoms with van der Waals surface area (Å²) in [6.07, 6.45) is 6.18. The molecular formula is C26H29N7OS. The van der Waals surface area contributed by atoms with Crippen molar-refractivity contribution in [3.63, 3.8) is 0 Å². The molecule has 0 saturated heterocycles. The lowest BCUT2D eigenvalue weighted by molar-refractivity contribution is 0.531. The molecule has 1 spiro atoms. The Hall–Kier alpha value is -3.04. The Morgan fingerprint density at radius 3 is 2.74 bits per heavy atom. The van der Waals surface area contributed by atoms with E-state index in [1.807, 2.05) is 9.36 Å². The van der Waals surface area contributed by atoms with Gasteiger partial charge >= 0.3 is 0 Å². The molecule has 2 aliphatic carbocycles. The normalized spacial score (nSPS) is 18.7. The second-order valence-corrected chi connectivity index (χ2v) is 12.1. The van der Waals surface area contributed by atoms with E-state index in [1.54, 1.807) is 17.5 Å². The van der Waals surface area contributed by atoms with Gasteiger partial charge in [-0.3, -0.25) is 4.79 Å². The number of nitrogens with one attached hydrogen (secondary N) is 2. The molecule has 0 atom stereocenters. The number of nitrogens with zero attached hydrogens (tertiary/aromatic N) is 5. The second-order valence-electron chi connectivity index (χ2n) is 11.3. The molecule has 8 nitrogen and oxygen atoms in total. The number of hydrogen-bond acceptors (Lipinski definition) is 7. The van der Waals surface area contributed by atoms with E-state index >= 15 is 0 Å². The Morgan fingerprint density at radius 1 is 1.20 bits per heavy atom. The minimum absolute atomic E-state index is 0.0452. The van der Waals surface area contributed by atoms with E-state index in [1.165, 1.54) is 24.0 Å². The molecule has 7 rings (SSSR count). The van der Waals surface area contributed by atoms with Gasteiger partial charge in [-0.05, 0) is 48.9 Å². The van der Waals surface area contributed by atoms with Crippen LogP contribution in [-0.4, -0.2) is 30.9 Å². The minimum Gasteiger partial charge on any atom is -0.324 e. The van der Waals surface area contributed by atoms with E-state index in [0.29, 0.717) is 22.4 Å². The molecule has 3 aromatic heterocycles. The van der Waals surface area contributed by atoms with Crippen molar-refractivity contribution in [1.82, 2.24) is 29.6 Å². The van der Waals surface area contributed by atoms with E-state index in [4.69, 9.17) is 9.97 Å². The fourth-order valence-electron chi connectivity index (χ4n) is 5.19.